The van der Waals surface area contributed by atoms with E-state index in [1.165, 1.54) is 12.8 Å². The number of hydrogen-bond acceptors (Lipinski definition) is 3. The molecule has 1 aromatic heterocycles. The van der Waals surface area contributed by atoms with E-state index >= 15 is 0 Å². The van der Waals surface area contributed by atoms with Crippen molar-refractivity contribution >= 4 is 8.56 Å². The summed E-state index contributed by atoms with van der Waals surface area (Å²) in [5, 5.41) is 0. The minimum absolute atomic E-state index is 0.593. The van der Waals surface area contributed by atoms with Gasteiger partial charge in [-0.25, -0.2) is 0 Å². The maximum atomic E-state index is 5.99. The highest BCUT2D eigenvalue weighted by Gasteiger charge is 2.25. The zero-order valence-electron chi connectivity index (χ0n) is 12.0. The molecule has 0 N–H and O–H groups in total. The third kappa shape index (κ3) is 5.75. The van der Waals surface area contributed by atoms with Crippen molar-refractivity contribution < 1.29 is 8.85 Å². The summed E-state index contributed by atoms with van der Waals surface area (Å²) in [6.07, 6.45) is 5.95. The molecular weight excluding hydrogens is 242 g/mol. The van der Waals surface area contributed by atoms with Gasteiger partial charge in [-0.2, -0.15) is 0 Å². The highest BCUT2D eigenvalue weighted by atomic mass is 28.4. The van der Waals surface area contributed by atoms with E-state index in [4.69, 9.17) is 8.85 Å². The Hall–Kier alpha value is -0.713. The number of rotatable bonds is 8. The summed E-state index contributed by atoms with van der Waals surface area (Å²) in [5.41, 5.74) is 1.10. The molecule has 0 radical (unpaired) electrons. The Balaban J connectivity index is 2.35. The molecule has 0 unspecified atom stereocenters. The normalized spacial score (nSPS) is 12.1. The molecule has 0 saturated heterocycles. The van der Waals surface area contributed by atoms with Crippen LogP contribution in [0.3, 0.4) is 0 Å². The molecular formula is C14H25NO2Si. The summed E-state index contributed by atoms with van der Waals surface area (Å²) in [6.45, 7) is 10.0. The van der Waals surface area contributed by atoms with Gasteiger partial charge < -0.3 is 8.85 Å². The van der Waals surface area contributed by atoms with Crippen molar-refractivity contribution in [3.05, 3.63) is 30.1 Å². The van der Waals surface area contributed by atoms with Gasteiger partial charge in [-0.05, 0) is 30.6 Å². The second-order valence-electron chi connectivity index (χ2n) is 5.04. The maximum absolute atomic E-state index is 5.99. The van der Waals surface area contributed by atoms with Gasteiger partial charge in [0, 0.05) is 19.0 Å². The topological polar surface area (TPSA) is 31.4 Å². The summed E-state index contributed by atoms with van der Waals surface area (Å²) >= 11 is 0. The Kier molecular flexibility index (Phi) is 6.53. The van der Waals surface area contributed by atoms with Crippen LogP contribution < -0.4 is 0 Å². The second-order valence-corrected chi connectivity index (χ2v) is 8.42. The third-order valence-corrected chi connectivity index (χ3v) is 4.83. The quantitative estimate of drug-likeness (QED) is 0.672. The molecule has 0 saturated carbocycles. The third-order valence-electron chi connectivity index (χ3n) is 3.13. The summed E-state index contributed by atoms with van der Waals surface area (Å²) in [6, 6.07) is 3.96. The summed E-state index contributed by atoms with van der Waals surface area (Å²) in [7, 11) is -2.01. The Morgan fingerprint density at radius 3 is 2.50 bits per heavy atom. The Bertz CT molecular complexity index is 326. The molecule has 4 heteroatoms. The van der Waals surface area contributed by atoms with Gasteiger partial charge in [0.1, 0.15) is 0 Å². The van der Waals surface area contributed by atoms with Crippen LogP contribution in [-0.2, 0) is 15.5 Å². The minimum atomic E-state index is -2.01. The molecule has 102 valence electrons. The SMILES string of the molecule is CCC(CC)CO[Si](C)(C)OCc1cccnc1. The van der Waals surface area contributed by atoms with Crippen molar-refractivity contribution in [1.29, 1.82) is 0 Å². The Labute approximate surface area is 112 Å². The monoisotopic (exact) mass is 267 g/mol. The molecule has 0 fully saturated rings. The lowest BCUT2D eigenvalue weighted by molar-refractivity contribution is 0.144. The Morgan fingerprint density at radius 1 is 1.22 bits per heavy atom. The zero-order valence-corrected chi connectivity index (χ0v) is 13.0. The number of hydrogen-bond donors (Lipinski definition) is 0. The van der Waals surface area contributed by atoms with Crippen LogP contribution in [0.25, 0.3) is 0 Å². The molecule has 0 spiro atoms. The predicted molar refractivity (Wildman–Crippen MR) is 76.5 cm³/mol. The second kappa shape index (κ2) is 7.66. The molecule has 0 aliphatic carbocycles. The first kappa shape index (κ1) is 15.3. The van der Waals surface area contributed by atoms with Crippen LogP contribution in [0.2, 0.25) is 13.1 Å². The average Bonchev–Trinajstić information content (AvgIpc) is 2.39. The lowest BCUT2D eigenvalue weighted by atomic mass is 10.1. The van der Waals surface area contributed by atoms with Crippen LogP contribution in [0.15, 0.2) is 24.5 Å². The first-order valence-corrected chi connectivity index (χ1v) is 9.56. The summed E-state index contributed by atoms with van der Waals surface area (Å²) in [5.74, 6) is 0.652. The van der Waals surface area contributed by atoms with E-state index in [0.717, 1.165) is 12.2 Å². The molecule has 0 atom stereocenters. The fraction of sp³-hybridized carbons (Fsp3) is 0.643. The highest BCUT2D eigenvalue weighted by Crippen LogP contribution is 2.15. The van der Waals surface area contributed by atoms with Crippen LogP contribution >= 0.6 is 0 Å². The predicted octanol–water partition coefficient (Wildman–Crippen LogP) is 3.75. The van der Waals surface area contributed by atoms with Gasteiger partial charge in [0.25, 0.3) is 0 Å². The van der Waals surface area contributed by atoms with Gasteiger partial charge in [-0.3, -0.25) is 4.98 Å². The van der Waals surface area contributed by atoms with E-state index in [2.05, 4.69) is 31.9 Å². The van der Waals surface area contributed by atoms with Gasteiger partial charge in [0.2, 0.25) is 0 Å². The molecule has 0 aliphatic heterocycles. The van der Waals surface area contributed by atoms with Crippen LogP contribution in [0.1, 0.15) is 32.3 Å². The van der Waals surface area contributed by atoms with E-state index in [-0.39, 0.29) is 0 Å². The largest absolute Gasteiger partial charge is 0.394 e. The average molecular weight is 267 g/mol. The Morgan fingerprint density at radius 2 is 1.94 bits per heavy atom. The van der Waals surface area contributed by atoms with Crippen molar-refractivity contribution in [1.82, 2.24) is 4.98 Å². The highest BCUT2D eigenvalue weighted by molar-refractivity contribution is 6.64. The fourth-order valence-electron chi connectivity index (χ4n) is 1.63. The van der Waals surface area contributed by atoms with E-state index in [1.54, 1.807) is 6.20 Å². The summed E-state index contributed by atoms with van der Waals surface area (Å²) < 4.78 is 11.9. The first-order valence-electron chi connectivity index (χ1n) is 6.74. The van der Waals surface area contributed by atoms with Gasteiger partial charge in [-0.1, -0.05) is 32.8 Å². The fourth-order valence-corrected chi connectivity index (χ4v) is 2.86. The molecule has 0 amide bonds. The van der Waals surface area contributed by atoms with Gasteiger partial charge in [0.05, 0.1) is 6.61 Å². The lowest BCUT2D eigenvalue weighted by Gasteiger charge is -2.25. The lowest BCUT2D eigenvalue weighted by Crippen LogP contribution is -2.36. The van der Waals surface area contributed by atoms with Crippen molar-refractivity contribution in [2.75, 3.05) is 6.61 Å². The van der Waals surface area contributed by atoms with Crippen molar-refractivity contribution in [2.45, 2.75) is 46.4 Å². The van der Waals surface area contributed by atoms with E-state index in [9.17, 15) is 0 Å². The smallest absolute Gasteiger partial charge is 0.332 e. The van der Waals surface area contributed by atoms with Gasteiger partial charge in [0.15, 0.2) is 0 Å². The molecule has 1 heterocycles. The molecule has 0 aliphatic rings. The van der Waals surface area contributed by atoms with E-state index in [1.807, 2.05) is 18.3 Å². The molecule has 0 bridgehead atoms. The molecule has 3 nitrogen and oxygen atoms in total. The zero-order chi connectivity index (χ0) is 13.4. The minimum Gasteiger partial charge on any atom is -0.394 e. The molecule has 1 rings (SSSR count). The van der Waals surface area contributed by atoms with Crippen LogP contribution in [-0.4, -0.2) is 20.2 Å². The number of aromatic nitrogens is 1. The van der Waals surface area contributed by atoms with Crippen LogP contribution in [0.4, 0.5) is 0 Å². The van der Waals surface area contributed by atoms with Crippen LogP contribution in [0.5, 0.6) is 0 Å². The van der Waals surface area contributed by atoms with Crippen molar-refractivity contribution in [3.8, 4) is 0 Å². The van der Waals surface area contributed by atoms with E-state index in [0.29, 0.717) is 12.5 Å². The summed E-state index contributed by atoms with van der Waals surface area (Å²) in [4.78, 5) is 4.08. The van der Waals surface area contributed by atoms with Crippen LogP contribution in [0, 0.1) is 5.92 Å². The van der Waals surface area contributed by atoms with Gasteiger partial charge >= 0.3 is 8.56 Å². The number of pyridine rings is 1. The van der Waals surface area contributed by atoms with E-state index < -0.39 is 8.56 Å². The van der Waals surface area contributed by atoms with Crippen molar-refractivity contribution in [2.24, 2.45) is 5.92 Å². The molecule has 0 aromatic carbocycles. The molecule has 1 aromatic rings. The standard InChI is InChI=1S/C14H25NO2Si/c1-5-13(6-2)11-16-18(3,4)17-12-14-8-7-9-15-10-14/h7-10,13H,5-6,11-12H2,1-4H3. The number of nitrogens with zero attached hydrogens (tertiary/aromatic N) is 1. The van der Waals surface area contributed by atoms with Crippen molar-refractivity contribution in [3.63, 3.8) is 0 Å². The first-order chi connectivity index (χ1) is 8.57. The maximum Gasteiger partial charge on any atom is 0.332 e. The van der Waals surface area contributed by atoms with Gasteiger partial charge in [-0.15, -0.1) is 0 Å². The molecule has 18 heavy (non-hydrogen) atoms.